The number of nitrogens with zero attached hydrogens (tertiary/aromatic N) is 1. The molecule has 3 rings (SSSR count). The predicted molar refractivity (Wildman–Crippen MR) is 114 cm³/mol. The summed E-state index contributed by atoms with van der Waals surface area (Å²) >= 11 is 0. The number of benzene rings is 2. The third kappa shape index (κ3) is 5.99. The average molecular weight is 383 g/mol. The van der Waals surface area contributed by atoms with Crippen LogP contribution in [0.15, 0.2) is 48.5 Å². The van der Waals surface area contributed by atoms with Crippen LogP contribution in [0.3, 0.4) is 0 Å². The minimum absolute atomic E-state index is 0.0305. The Balaban J connectivity index is 1.49. The zero-order valence-corrected chi connectivity index (χ0v) is 17.0. The molecule has 0 spiro atoms. The Morgan fingerprint density at radius 3 is 2.46 bits per heavy atom. The minimum atomic E-state index is 0.0305. The van der Waals surface area contributed by atoms with Crippen molar-refractivity contribution in [3.05, 3.63) is 54.1 Å². The lowest BCUT2D eigenvalue weighted by molar-refractivity contribution is -0.885. The van der Waals surface area contributed by atoms with E-state index in [1.165, 1.54) is 31.4 Å². The highest BCUT2D eigenvalue weighted by Crippen LogP contribution is 2.21. The second-order valence-electron chi connectivity index (χ2n) is 7.66. The zero-order chi connectivity index (χ0) is 19.8. The lowest BCUT2D eigenvalue weighted by Gasteiger charge is -2.22. The summed E-state index contributed by atoms with van der Waals surface area (Å²) in [5.41, 5.74) is 3.27. The number of hydrogen-bond donors (Lipinski definition) is 2. The standard InChI is InChI=1S/C23H31N3O2/c1-25(17-19-8-7-9-22(16-19)28-2)18-23(27)24-20-10-12-21(13-11-20)26-14-5-3-4-6-15-26/h7-13,16H,3-6,14-15,17-18H2,1-2H3,(H,24,27)/p+1. The van der Waals surface area contributed by atoms with Gasteiger partial charge in [-0.1, -0.05) is 25.0 Å². The number of carbonyl (C=O) groups excluding carboxylic acids is 1. The van der Waals surface area contributed by atoms with Crippen LogP contribution in [0.2, 0.25) is 0 Å². The van der Waals surface area contributed by atoms with Crippen molar-refractivity contribution in [1.82, 2.24) is 0 Å². The van der Waals surface area contributed by atoms with Crippen molar-refractivity contribution in [2.24, 2.45) is 0 Å². The second-order valence-corrected chi connectivity index (χ2v) is 7.66. The van der Waals surface area contributed by atoms with Crippen LogP contribution in [0.1, 0.15) is 31.2 Å². The maximum atomic E-state index is 12.4. The predicted octanol–water partition coefficient (Wildman–Crippen LogP) is 2.73. The molecule has 150 valence electrons. The normalized spacial score (nSPS) is 15.6. The lowest BCUT2D eigenvalue weighted by atomic mass is 10.2. The number of hydrogen-bond acceptors (Lipinski definition) is 3. The van der Waals surface area contributed by atoms with Crippen LogP contribution in [-0.2, 0) is 11.3 Å². The number of likely N-dealkylation sites (N-methyl/N-ethyl adjacent to an activating group) is 1. The first-order valence-electron chi connectivity index (χ1n) is 10.2. The van der Waals surface area contributed by atoms with Crippen LogP contribution in [0.5, 0.6) is 5.75 Å². The average Bonchev–Trinajstić information content (AvgIpc) is 2.98. The highest BCUT2D eigenvalue weighted by atomic mass is 16.5. The number of carbonyl (C=O) groups is 1. The zero-order valence-electron chi connectivity index (χ0n) is 17.0. The third-order valence-electron chi connectivity index (χ3n) is 5.22. The van der Waals surface area contributed by atoms with E-state index >= 15 is 0 Å². The molecule has 0 bridgehead atoms. The molecule has 2 N–H and O–H groups in total. The summed E-state index contributed by atoms with van der Waals surface area (Å²) in [6.07, 6.45) is 5.19. The summed E-state index contributed by atoms with van der Waals surface area (Å²) in [5.74, 6) is 0.877. The molecule has 0 radical (unpaired) electrons. The van der Waals surface area contributed by atoms with Crippen molar-refractivity contribution in [2.75, 3.05) is 44.0 Å². The van der Waals surface area contributed by atoms with Crippen LogP contribution in [0.25, 0.3) is 0 Å². The second kappa shape index (κ2) is 10.1. The van der Waals surface area contributed by atoms with Gasteiger partial charge >= 0.3 is 0 Å². The summed E-state index contributed by atoms with van der Waals surface area (Å²) in [7, 11) is 3.70. The van der Waals surface area contributed by atoms with E-state index in [0.717, 1.165) is 41.5 Å². The first kappa shape index (κ1) is 20.2. The molecule has 0 aliphatic carbocycles. The fourth-order valence-corrected chi connectivity index (χ4v) is 3.76. The Bertz CT molecular complexity index is 753. The van der Waals surface area contributed by atoms with Gasteiger partial charge in [-0.3, -0.25) is 4.79 Å². The van der Waals surface area contributed by atoms with E-state index < -0.39 is 0 Å². The monoisotopic (exact) mass is 382 g/mol. The number of anilines is 2. The Morgan fingerprint density at radius 2 is 1.79 bits per heavy atom. The van der Waals surface area contributed by atoms with Crippen LogP contribution in [0, 0.1) is 0 Å². The summed E-state index contributed by atoms with van der Waals surface area (Å²) in [6.45, 7) is 3.46. The molecule has 1 aliphatic heterocycles. The maximum absolute atomic E-state index is 12.4. The summed E-state index contributed by atoms with van der Waals surface area (Å²) in [4.78, 5) is 16.0. The molecule has 1 fully saturated rings. The quantitative estimate of drug-likeness (QED) is 0.774. The molecule has 1 amide bonds. The van der Waals surface area contributed by atoms with Gasteiger partial charge in [0.05, 0.1) is 14.2 Å². The molecule has 1 heterocycles. The van der Waals surface area contributed by atoms with Gasteiger partial charge in [0.2, 0.25) is 0 Å². The van der Waals surface area contributed by atoms with Crippen molar-refractivity contribution in [1.29, 1.82) is 0 Å². The topological polar surface area (TPSA) is 46.0 Å². The number of quaternary nitrogens is 1. The van der Waals surface area contributed by atoms with Gasteiger partial charge in [-0.25, -0.2) is 0 Å². The van der Waals surface area contributed by atoms with Gasteiger partial charge in [0.1, 0.15) is 12.3 Å². The van der Waals surface area contributed by atoms with E-state index in [1.807, 2.05) is 37.4 Å². The molecule has 5 heteroatoms. The van der Waals surface area contributed by atoms with Gasteiger partial charge in [0.15, 0.2) is 6.54 Å². The van der Waals surface area contributed by atoms with Gasteiger partial charge in [0.25, 0.3) is 5.91 Å². The SMILES string of the molecule is COc1cccc(C[NH+](C)CC(=O)Nc2ccc(N3CCCCCC3)cc2)c1. The molecule has 2 aromatic carbocycles. The number of amides is 1. The smallest absolute Gasteiger partial charge is 0.279 e. The number of nitrogens with one attached hydrogen (secondary N) is 2. The van der Waals surface area contributed by atoms with Crippen LogP contribution in [-0.4, -0.2) is 39.7 Å². The van der Waals surface area contributed by atoms with E-state index in [9.17, 15) is 4.79 Å². The third-order valence-corrected chi connectivity index (χ3v) is 5.22. The number of ether oxygens (including phenoxy) is 1. The Labute approximate surface area is 168 Å². The molecular formula is C23H32N3O2+. The van der Waals surface area contributed by atoms with Gasteiger partial charge in [-0.05, 0) is 49.2 Å². The largest absolute Gasteiger partial charge is 0.497 e. The van der Waals surface area contributed by atoms with E-state index in [1.54, 1.807) is 7.11 Å². The van der Waals surface area contributed by atoms with Crippen LogP contribution >= 0.6 is 0 Å². The van der Waals surface area contributed by atoms with E-state index in [2.05, 4.69) is 28.4 Å². The first-order valence-corrected chi connectivity index (χ1v) is 10.2. The molecule has 5 nitrogen and oxygen atoms in total. The van der Waals surface area contributed by atoms with Crippen molar-refractivity contribution in [3.8, 4) is 5.75 Å². The molecule has 0 aromatic heterocycles. The van der Waals surface area contributed by atoms with Crippen molar-refractivity contribution in [2.45, 2.75) is 32.2 Å². The van der Waals surface area contributed by atoms with Gasteiger partial charge < -0.3 is 19.9 Å². The summed E-state index contributed by atoms with van der Waals surface area (Å²) < 4.78 is 5.26. The molecule has 2 aromatic rings. The molecule has 28 heavy (non-hydrogen) atoms. The fraction of sp³-hybridized carbons (Fsp3) is 0.435. The molecular weight excluding hydrogens is 350 g/mol. The van der Waals surface area contributed by atoms with E-state index in [0.29, 0.717) is 6.54 Å². The van der Waals surface area contributed by atoms with Crippen LogP contribution < -0.4 is 19.9 Å². The van der Waals surface area contributed by atoms with Crippen LogP contribution in [0.4, 0.5) is 11.4 Å². The van der Waals surface area contributed by atoms with Crippen molar-refractivity contribution < 1.29 is 14.4 Å². The molecule has 1 saturated heterocycles. The maximum Gasteiger partial charge on any atom is 0.279 e. The van der Waals surface area contributed by atoms with Crippen molar-refractivity contribution >= 4 is 17.3 Å². The number of methoxy groups -OCH3 is 1. The van der Waals surface area contributed by atoms with Gasteiger partial charge in [-0.15, -0.1) is 0 Å². The lowest BCUT2D eigenvalue weighted by Crippen LogP contribution is -3.08. The first-order chi connectivity index (χ1) is 13.6. The minimum Gasteiger partial charge on any atom is -0.497 e. The highest BCUT2D eigenvalue weighted by Gasteiger charge is 2.13. The molecule has 1 unspecified atom stereocenters. The molecule has 1 atom stereocenters. The van der Waals surface area contributed by atoms with Gasteiger partial charge in [0, 0.05) is 30.0 Å². The summed E-state index contributed by atoms with van der Waals surface area (Å²) in [5, 5.41) is 3.02. The Hall–Kier alpha value is -2.53. The Morgan fingerprint density at radius 1 is 1.07 bits per heavy atom. The van der Waals surface area contributed by atoms with E-state index in [-0.39, 0.29) is 5.91 Å². The highest BCUT2D eigenvalue weighted by molar-refractivity contribution is 5.91. The fourth-order valence-electron chi connectivity index (χ4n) is 3.76. The van der Waals surface area contributed by atoms with Gasteiger partial charge in [-0.2, -0.15) is 0 Å². The van der Waals surface area contributed by atoms with Crippen molar-refractivity contribution in [3.63, 3.8) is 0 Å². The summed E-state index contributed by atoms with van der Waals surface area (Å²) in [6, 6.07) is 16.2. The molecule has 0 saturated carbocycles. The molecule has 1 aliphatic rings. The van der Waals surface area contributed by atoms with E-state index in [4.69, 9.17) is 4.74 Å². The number of rotatable bonds is 7. The Kier molecular flexibility index (Phi) is 7.31.